The van der Waals surface area contributed by atoms with Crippen LogP contribution in [0.1, 0.15) is 23.7 Å². The molecule has 1 atom stereocenters. The van der Waals surface area contributed by atoms with Crippen molar-refractivity contribution in [3.05, 3.63) is 65.7 Å². The predicted octanol–water partition coefficient (Wildman–Crippen LogP) is 2.24. The van der Waals surface area contributed by atoms with Gasteiger partial charge in [-0.1, -0.05) is 42.5 Å². The molecule has 0 saturated heterocycles. The molecule has 0 saturated carbocycles. The molecule has 2 aromatic carbocycles. The summed E-state index contributed by atoms with van der Waals surface area (Å²) < 4.78 is 0. The van der Waals surface area contributed by atoms with E-state index in [1.807, 2.05) is 18.2 Å². The maximum atomic E-state index is 11.9. The molecule has 4 nitrogen and oxygen atoms in total. The van der Waals surface area contributed by atoms with Gasteiger partial charge in [0, 0.05) is 5.69 Å². The van der Waals surface area contributed by atoms with Crippen molar-refractivity contribution in [2.75, 3.05) is 5.32 Å². The lowest BCUT2D eigenvalue weighted by atomic mass is 10.1. The fourth-order valence-electron chi connectivity index (χ4n) is 1.93. The van der Waals surface area contributed by atoms with Crippen molar-refractivity contribution >= 4 is 11.6 Å². The molecule has 0 fully saturated rings. The minimum Gasteiger partial charge on any atom is -0.392 e. The van der Waals surface area contributed by atoms with E-state index in [0.717, 1.165) is 5.56 Å². The van der Waals surface area contributed by atoms with Crippen molar-refractivity contribution < 1.29 is 15.0 Å². The normalized spacial score (nSPS) is 11.9. The smallest absolute Gasteiger partial charge is 0.227 e. The quantitative estimate of drug-likeness (QED) is 0.781. The molecule has 0 aliphatic carbocycles. The number of aliphatic hydroxyl groups excluding tert-OH is 2. The fourth-order valence-corrected chi connectivity index (χ4v) is 1.93. The van der Waals surface area contributed by atoms with Gasteiger partial charge in [0.15, 0.2) is 0 Å². The molecule has 0 bridgehead atoms. The van der Waals surface area contributed by atoms with Crippen LogP contribution in [-0.2, 0) is 11.4 Å². The number of nitrogens with one attached hydrogen (secondary N) is 1. The molecular formula is C16H17NO3. The summed E-state index contributed by atoms with van der Waals surface area (Å²) in [7, 11) is 0. The van der Waals surface area contributed by atoms with Crippen LogP contribution in [0.25, 0.3) is 0 Å². The Hall–Kier alpha value is -2.17. The summed E-state index contributed by atoms with van der Waals surface area (Å²) in [4.78, 5) is 11.9. The molecule has 1 amide bonds. The third-order valence-corrected chi connectivity index (χ3v) is 2.96. The first-order chi connectivity index (χ1) is 9.69. The SMILES string of the molecule is O=C(CC(O)c1ccccc1)Nc1cccc(CO)c1. The van der Waals surface area contributed by atoms with Gasteiger partial charge in [-0.05, 0) is 23.3 Å². The molecule has 0 aliphatic heterocycles. The van der Waals surface area contributed by atoms with Crippen LogP contribution in [0.15, 0.2) is 54.6 Å². The highest BCUT2D eigenvalue weighted by molar-refractivity contribution is 5.91. The number of carbonyl (C=O) groups is 1. The molecule has 0 aliphatic rings. The molecule has 0 aromatic heterocycles. The first-order valence-corrected chi connectivity index (χ1v) is 6.41. The second-order valence-electron chi connectivity index (χ2n) is 4.54. The summed E-state index contributed by atoms with van der Waals surface area (Å²) in [6.45, 7) is -0.0731. The van der Waals surface area contributed by atoms with E-state index >= 15 is 0 Å². The van der Waals surface area contributed by atoms with Crippen LogP contribution in [-0.4, -0.2) is 16.1 Å². The highest BCUT2D eigenvalue weighted by Crippen LogP contribution is 2.17. The number of anilines is 1. The molecule has 3 N–H and O–H groups in total. The van der Waals surface area contributed by atoms with Gasteiger partial charge in [0.05, 0.1) is 19.1 Å². The minimum absolute atomic E-state index is 0.00658. The van der Waals surface area contributed by atoms with Gasteiger partial charge in [-0.3, -0.25) is 4.79 Å². The Morgan fingerprint density at radius 1 is 1.10 bits per heavy atom. The van der Waals surface area contributed by atoms with Gasteiger partial charge < -0.3 is 15.5 Å². The topological polar surface area (TPSA) is 69.6 Å². The Morgan fingerprint density at radius 3 is 2.55 bits per heavy atom. The minimum atomic E-state index is -0.822. The van der Waals surface area contributed by atoms with Crippen LogP contribution in [0, 0.1) is 0 Å². The van der Waals surface area contributed by atoms with Crippen LogP contribution in [0.2, 0.25) is 0 Å². The van der Waals surface area contributed by atoms with E-state index in [0.29, 0.717) is 11.3 Å². The summed E-state index contributed by atoms with van der Waals surface area (Å²) in [5.74, 6) is -0.267. The number of rotatable bonds is 5. The highest BCUT2D eigenvalue weighted by Gasteiger charge is 2.12. The summed E-state index contributed by atoms with van der Waals surface area (Å²) in [5.41, 5.74) is 2.06. The van der Waals surface area contributed by atoms with Gasteiger partial charge >= 0.3 is 0 Å². The van der Waals surface area contributed by atoms with Gasteiger partial charge in [0.2, 0.25) is 5.91 Å². The van der Waals surface area contributed by atoms with Gasteiger partial charge in [0.1, 0.15) is 0 Å². The number of aliphatic hydroxyl groups is 2. The number of amides is 1. The molecule has 20 heavy (non-hydrogen) atoms. The van der Waals surface area contributed by atoms with E-state index in [4.69, 9.17) is 5.11 Å². The van der Waals surface area contributed by atoms with Crippen LogP contribution >= 0.6 is 0 Å². The first kappa shape index (κ1) is 14.2. The van der Waals surface area contributed by atoms with Crippen molar-refractivity contribution in [1.82, 2.24) is 0 Å². The predicted molar refractivity (Wildman–Crippen MR) is 77.0 cm³/mol. The third kappa shape index (κ3) is 3.91. The summed E-state index contributed by atoms with van der Waals surface area (Å²) in [5, 5.41) is 21.7. The number of hydrogen-bond donors (Lipinski definition) is 3. The zero-order chi connectivity index (χ0) is 14.4. The molecule has 104 valence electrons. The van der Waals surface area contributed by atoms with E-state index in [9.17, 15) is 9.90 Å². The summed E-state index contributed by atoms with van der Waals surface area (Å²) in [6, 6.07) is 16.0. The molecular weight excluding hydrogens is 254 g/mol. The molecule has 0 radical (unpaired) electrons. The highest BCUT2D eigenvalue weighted by atomic mass is 16.3. The lowest BCUT2D eigenvalue weighted by Crippen LogP contribution is -2.15. The van der Waals surface area contributed by atoms with Crippen LogP contribution < -0.4 is 5.32 Å². The lowest BCUT2D eigenvalue weighted by molar-refractivity contribution is -0.118. The molecule has 0 spiro atoms. The van der Waals surface area contributed by atoms with Gasteiger partial charge in [-0.25, -0.2) is 0 Å². The van der Waals surface area contributed by atoms with E-state index in [2.05, 4.69) is 5.32 Å². The average molecular weight is 271 g/mol. The van der Waals surface area contributed by atoms with Crippen molar-refractivity contribution in [3.63, 3.8) is 0 Å². The van der Waals surface area contributed by atoms with E-state index in [1.165, 1.54) is 0 Å². The monoisotopic (exact) mass is 271 g/mol. The molecule has 0 heterocycles. The van der Waals surface area contributed by atoms with Crippen molar-refractivity contribution in [2.24, 2.45) is 0 Å². The Kier molecular flexibility index (Phi) is 4.87. The zero-order valence-electron chi connectivity index (χ0n) is 11.0. The molecule has 4 heteroatoms. The second-order valence-corrected chi connectivity index (χ2v) is 4.54. The maximum absolute atomic E-state index is 11.9. The van der Waals surface area contributed by atoms with Crippen LogP contribution in [0.5, 0.6) is 0 Å². The van der Waals surface area contributed by atoms with E-state index in [-0.39, 0.29) is 18.9 Å². The van der Waals surface area contributed by atoms with Crippen LogP contribution in [0.4, 0.5) is 5.69 Å². The Bertz CT molecular complexity index is 569. The summed E-state index contributed by atoms with van der Waals surface area (Å²) in [6.07, 6.45) is -0.829. The second kappa shape index (κ2) is 6.84. The number of hydrogen-bond acceptors (Lipinski definition) is 3. The molecule has 1 unspecified atom stereocenters. The fraction of sp³-hybridized carbons (Fsp3) is 0.188. The van der Waals surface area contributed by atoms with E-state index in [1.54, 1.807) is 36.4 Å². The first-order valence-electron chi connectivity index (χ1n) is 6.41. The largest absolute Gasteiger partial charge is 0.392 e. The Labute approximate surface area is 117 Å². The maximum Gasteiger partial charge on any atom is 0.227 e. The van der Waals surface area contributed by atoms with Gasteiger partial charge in [-0.15, -0.1) is 0 Å². The van der Waals surface area contributed by atoms with Gasteiger partial charge in [-0.2, -0.15) is 0 Å². The standard InChI is InChI=1S/C16H17NO3/c18-11-12-5-4-8-14(9-12)17-16(20)10-15(19)13-6-2-1-3-7-13/h1-9,15,18-19H,10-11H2,(H,17,20). The number of carbonyl (C=O) groups excluding carboxylic acids is 1. The molecule has 2 aromatic rings. The Balaban J connectivity index is 1.95. The van der Waals surface area contributed by atoms with Crippen molar-refractivity contribution in [2.45, 2.75) is 19.1 Å². The van der Waals surface area contributed by atoms with Crippen LogP contribution in [0.3, 0.4) is 0 Å². The van der Waals surface area contributed by atoms with Gasteiger partial charge in [0.25, 0.3) is 0 Å². The zero-order valence-corrected chi connectivity index (χ0v) is 11.0. The van der Waals surface area contributed by atoms with Crippen molar-refractivity contribution in [3.8, 4) is 0 Å². The summed E-state index contributed by atoms with van der Waals surface area (Å²) >= 11 is 0. The number of benzene rings is 2. The van der Waals surface area contributed by atoms with E-state index < -0.39 is 6.10 Å². The molecule has 2 rings (SSSR count). The lowest BCUT2D eigenvalue weighted by Gasteiger charge is -2.11. The average Bonchev–Trinajstić information content (AvgIpc) is 2.48. The van der Waals surface area contributed by atoms with Crippen molar-refractivity contribution in [1.29, 1.82) is 0 Å². The third-order valence-electron chi connectivity index (χ3n) is 2.96. The Morgan fingerprint density at radius 2 is 1.85 bits per heavy atom.